The van der Waals surface area contributed by atoms with E-state index in [0.29, 0.717) is 12.5 Å². The lowest BCUT2D eigenvalue weighted by Crippen LogP contribution is -2.47. The smallest absolute Gasteiger partial charge is 0.267 e. The van der Waals surface area contributed by atoms with E-state index >= 15 is 0 Å². The number of carbonyl (C=O) groups is 1. The van der Waals surface area contributed by atoms with Crippen molar-refractivity contribution in [1.29, 1.82) is 0 Å². The number of anilines is 1. The highest BCUT2D eigenvalue weighted by Crippen LogP contribution is 2.33. The van der Waals surface area contributed by atoms with E-state index < -0.39 is 6.10 Å². The van der Waals surface area contributed by atoms with Crippen LogP contribution in [0.1, 0.15) is 13.8 Å². The SMILES string of the molecule is CNCC(C)CN1C(=O)C(C)Oc2ccccc21. The molecule has 98 valence electrons. The summed E-state index contributed by atoms with van der Waals surface area (Å²) in [6, 6.07) is 7.71. The lowest BCUT2D eigenvalue weighted by molar-refractivity contribution is -0.125. The molecule has 0 saturated heterocycles. The molecule has 1 aromatic carbocycles. The summed E-state index contributed by atoms with van der Waals surface area (Å²) in [6.07, 6.45) is -0.401. The molecule has 0 bridgehead atoms. The third-order valence-corrected chi connectivity index (χ3v) is 3.12. The van der Waals surface area contributed by atoms with E-state index in [9.17, 15) is 4.79 Å². The highest BCUT2D eigenvalue weighted by atomic mass is 16.5. The monoisotopic (exact) mass is 248 g/mol. The van der Waals surface area contributed by atoms with Crippen molar-refractivity contribution in [1.82, 2.24) is 5.32 Å². The molecule has 4 nitrogen and oxygen atoms in total. The van der Waals surface area contributed by atoms with Gasteiger partial charge in [-0.2, -0.15) is 0 Å². The molecule has 0 spiro atoms. The lowest BCUT2D eigenvalue weighted by atomic mass is 10.1. The van der Waals surface area contributed by atoms with Crippen molar-refractivity contribution in [2.75, 3.05) is 25.0 Å². The van der Waals surface area contributed by atoms with Crippen LogP contribution in [0.15, 0.2) is 24.3 Å². The largest absolute Gasteiger partial charge is 0.479 e. The fourth-order valence-electron chi connectivity index (χ4n) is 2.27. The molecule has 1 amide bonds. The zero-order chi connectivity index (χ0) is 13.1. The number of amides is 1. The van der Waals surface area contributed by atoms with Crippen molar-refractivity contribution in [2.45, 2.75) is 20.0 Å². The number of rotatable bonds is 4. The maximum Gasteiger partial charge on any atom is 0.267 e. The van der Waals surface area contributed by atoms with Gasteiger partial charge in [0.05, 0.1) is 5.69 Å². The molecular weight excluding hydrogens is 228 g/mol. The molecule has 0 fully saturated rings. The first-order valence-electron chi connectivity index (χ1n) is 6.35. The van der Waals surface area contributed by atoms with E-state index in [1.54, 1.807) is 6.92 Å². The normalized spacial score (nSPS) is 20.3. The summed E-state index contributed by atoms with van der Waals surface area (Å²) in [5.41, 5.74) is 0.878. The van der Waals surface area contributed by atoms with E-state index in [1.807, 2.05) is 36.2 Å². The Morgan fingerprint density at radius 1 is 1.44 bits per heavy atom. The first-order chi connectivity index (χ1) is 8.63. The molecule has 1 aliphatic heterocycles. The molecule has 1 heterocycles. The van der Waals surface area contributed by atoms with Crippen LogP contribution in [-0.2, 0) is 4.79 Å². The Bertz CT molecular complexity index is 434. The minimum absolute atomic E-state index is 0.0386. The topological polar surface area (TPSA) is 41.6 Å². The van der Waals surface area contributed by atoms with Crippen molar-refractivity contribution < 1.29 is 9.53 Å². The number of hydrogen-bond acceptors (Lipinski definition) is 3. The van der Waals surface area contributed by atoms with Crippen LogP contribution in [0.2, 0.25) is 0 Å². The van der Waals surface area contributed by atoms with Crippen molar-refractivity contribution >= 4 is 11.6 Å². The van der Waals surface area contributed by atoms with Crippen LogP contribution >= 0.6 is 0 Å². The summed E-state index contributed by atoms with van der Waals surface area (Å²) >= 11 is 0. The van der Waals surface area contributed by atoms with Gasteiger partial charge in [-0.3, -0.25) is 4.79 Å². The average molecular weight is 248 g/mol. The third kappa shape index (κ3) is 2.48. The van der Waals surface area contributed by atoms with Gasteiger partial charge in [-0.05, 0) is 38.6 Å². The number of hydrogen-bond donors (Lipinski definition) is 1. The van der Waals surface area contributed by atoms with Crippen LogP contribution in [0.25, 0.3) is 0 Å². The number of benzene rings is 1. The second-order valence-corrected chi connectivity index (χ2v) is 4.84. The Morgan fingerprint density at radius 3 is 2.89 bits per heavy atom. The number of nitrogens with zero attached hydrogens (tertiary/aromatic N) is 1. The van der Waals surface area contributed by atoms with Crippen LogP contribution in [0.5, 0.6) is 5.75 Å². The first kappa shape index (κ1) is 12.9. The van der Waals surface area contributed by atoms with Crippen molar-refractivity contribution in [2.24, 2.45) is 5.92 Å². The minimum atomic E-state index is -0.401. The van der Waals surface area contributed by atoms with E-state index in [1.165, 1.54) is 0 Å². The number of fused-ring (bicyclic) bond motifs is 1. The summed E-state index contributed by atoms with van der Waals surface area (Å²) in [7, 11) is 1.92. The van der Waals surface area contributed by atoms with E-state index in [0.717, 1.165) is 18.0 Å². The molecule has 0 aliphatic carbocycles. The predicted molar refractivity (Wildman–Crippen MR) is 72.0 cm³/mol. The molecule has 0 saturated carbocycles. The maximum absolute atomic E-state index is 12.2. The maximum atomic E-state index is 12.2. The summed E-state index contributed by atoms with van der Waals surface area (Å²) in [5.74, 6) is 1.23. The van der Waals surface area contributed by atoms with Crippen LogP contribution in [-0.4, -0.2) is 32.1 Å². The molecule has 1 N–H and O–H groups in total. The van der Waals surface area contributed by atoms with Gasteiger partial charge in [0, 0.05) is 6.54 Å². The van der Waals surface area contributed by atoms with Crippen LogP contribution in [0.3, 0.4) is 0 Å². The molecule has 0 radical (unpaired) electrons. The summed E-state index contributed by atoms with van der Waals surface area (Å²) in [4.78, 5) is 14.0. The molecule has 1 aromatic rings. The van der Waals surface area contributed by atoms with Gasteiger partial charge in [0.2, 0.25) is 0 Å². The summed E-state index contributed by atoms with van der Waals surface area (Å²) in [5, 5.41) is 3.14. The van der Waals surface area contributed by atoms with Crippen LogP contribution in [0.4, 0.5) is 5.69 Å². The van der Waals surface area contributed by atoms with Gasteiger partial charge in [0.15, 0.2) is 6.10 Å². The second kappa shape index (κ2) is 5.40. The number of para-hydroxylation sites is 2. The Labute approximate surface area is 108 Å². The highest BCUT2D eigenvalue weighted by molar-refractivity contribution is 5.99. The van der Waals surface area contributed by atoms with Gasteiger partial charge in [-0.25, -0.2) is 0 Å². The standard InChI is InChI=1S/C14H20N2O2/c1-10(8-15-3)9-16-12-6-4-5-7-13(12)18-11(2)14(16)17/h4-7,10-11,15H,8-9H2,1-3H3. The third-order valence-electron chi connectivity index (χ3n) is 3.12. The molecular formula is C14H20N2O2. The van der Waals surface area contributed by atoms with Crippen LogP contribution in [0, 0.1) is 5.92 Å². The van der Waals surface area contributed by atoms with Gasteiger partial charge in [-0.15, -0.1) is 0 Å². The molecule has 2 atom stereocenters. The summed E-state index contributed by atoms with van der Waals surface area (Å²) in [6.45, 7) is 5.53. The zero-order valence-electron chi connectivity index (χ0n) is 11.1. The fraction of sp³-hybridized carbons (Fsp3) is 0.500. The van der Waals surface area contributed by atoms with Crippen molar-refractivity contribution in [3.63, 3.8) is 0 Å². The molecule has 18 heavy (non-hydrogen) atoms. The molecule has 0 aromatic heterocycles. The lowest BCUT2D eigenvalue weighted by Gasteiger charge is -2.34. The zero-order valence-corrected chi connectivity index (χ0v) is 11.1. The van der Waals surface area contributed by atoms with E-state index in [-0.39, 0.29) is 5.91 Å². The second-order valence-electron chi connectivity index (χ2n) is 4.84. The quantitative estimate of drug-likeness (QED) is 0.881. The highest BCUT2D eigenvalue weighted by Gasteiger charge is 2.31. The fourth-order valence-corrected chi connectivity index (χ4v) is 2.27. The average Bonchev–Trinajstić information content (AvgIpc) is 2.35. The molecule has 1 aliphatic rings. The minimum Gasteiger partial charge on any atom is -0.479 e. The molecule has 2 rings (SSSR count). The van der Waals surface area contributed by atoms with E-state index in [2.05, 4.69) is 12.2 Å². The Balaban J connectivity index is 2.24. The number of nitrogens with one attached hydrogen (secondary N) is 1. The van der Waals surface area contributed by atoms with Gasteiger partial charge >= 0.3 is 0 Å². The van der Waals surface area contributed by atoms with Gasteiger partial charge in [-0.1, -0.05) is 19.1 Å². The summed E-state index contributed by atoms with van der Waals surface area (Å²) < 4.78 is 5.61. The molecule has 4 heteroatoms. The number of ether oxygens (including phenoxy) is 1. The van der Waals surface area contributed by atoms with Crippen molar-refractivity contribution in [3.05, 3.63) is 24.3 Å². The first-order valence-corrected chi connectivity index (χ1v) is 6.35. The van der Waals surface area contributed by atoms with Gasteiger partial charge in [0.25, 0.3) is 5.91 Å². The Morgan fingerprint density at radius 2 is 2.17 bits per heavy atom. The van der Waals surface area contributed by atoms with Gasteiger partial charge in [0.1, 0.15) is 5.75 Å². The Hall–Kier alpha value is -1.55. The predicted octanol–water partition coefficient (Wildman–Crippen LogP) is 1.66. The Kier molecular flexibility index (Phi) is 3.87. The van der Waals surface area contributed by atoms with E-state index in [4.69, 9.17) is 4.74 Å². The van der Waals surface area contributed by atoms with Gasteiger partial charge < -0.3 is 15.0 Å². The van der Waals surface area contributed by atoms with Crippen LogP contribution < -0.4 is 15.0 Å². The molecule has 2 unspecified atom stereocenters. The number of carbonyl (C=O) groups excluding carboxylic acids is 1. The van der Waals surface area contributed by atoms with Crippen molar-refractivity contribution in [3.8, 4) is 5.75 Å².